The van der Waals surface area contributed by atoms with Crippen LogP contribution >= 0.6 is 11.3 Å². The number of thiophene rings is 1. The van der Waals surface area contributed by atoms with Gasteiger partial charge in [0, 0.05) is 37.7 Å². The summed E-state index contributed by atoms with van der Waals surface area (Å²) in [6.07, 6.45) is 0.848. The van der Waals surface area contributed by atoms with E-state index in [-0.39, 0.29) is 0 Å². The lowest BCUT2D eigenvalue weighted by Crippen LogP contribution is -2.29. The molecule has 0 aliphatic carbocycles. The van der Waals surface area contributed by atoms with Crippen LogP contribution in [0.4, 0.5) is 0 Å². The smallest absolute Gasteiger partial charge is 0.252 e. The maximum absolute atomic E-state index is 12.4. The summed E-state index contributed by atoms with van der Waals surface area (Å²) < 4.78 is 31.7. The largest absolute Gasteiger partial charge is 0.380 e. The van der Waals surface area contributed by atoms with E-state index in [2.05, 4.69) is 19.2 Å². The Kier molecular flexibility index (Phi) is 7.83. The van der Waals surface area contributed by atoms with Crippen molar-refractivity contribution < 1.29 is 13.2 Å². The third-order valence-corrected chi connectivity index (χ3v) is 6.45. The highest BCUT2D eigenvalue weighted by Crippen LogP contribution is 2.24. The van der Waals surface area contributed by atoms with Crippen molar-refractivity contribution in [1.82, 2.24) is 9.62 Å². The number of hydrogen-bond donors (Lipinski definition) is 1. The van der Waals surface area contributed by atoms with Crippen molar-refractivity contribution in [1.29, 1.82) is 0 Å². The van der Waals surface area contributed by atoms with Gasteiger partial charge in [-0.25, -0.2) is 8.42 Å². The Morgan fingerprint density at radius 1 is 1.38 bits per heavy atom. The van der Waals surface area contributed by atoms with Crippen LogP contribution in [0.2, 0.25) is 0 Å². The lowest BCUT2D eigenvalue weighted by molar-refractivity contribution is 0.138. The number of sulfonamides is 1. The lowest BCUT2D eigenvalue weighted by atomic mass is 10.3. The van der Waals surface area contributed by atoms with E-state index >= 15 is 0 Å². The van der Waals surface area contributed by atoms with Crippen LogP contribution in [0.1, 0.15) is 25.6 Å². The standard InChI is InChI=1S/C14H26N2O3S2/c1-5-19-11-10-16(4)21(17,18)14-7-6-13(20-14)8-9-15-12(2)3/h6-7,12,15H,5,8-11H2,1-4H3. The van der Waals surface area contributed by atoms with Crippen molar-refractivity contribution in [3.05, 3.63) is 17.0 Å². The summed E-state index contributed by atoms with van der Waals surface area (Å²) in [5, 5.41) is 3.33. The first-order valence-electron chi connectivity index (χ1n) is 7.24. The summed E-state index contributed by atoms with van der Waals surface area (Å²) in [5.74, 6) is 0. The minimum Gasteiger partial charge on any atom is -0.380 e. The van der Waals surface area contributed by atoms with Crippen molar-refractivity contribution in [2.75, 3.05) is 33.4 Å². The molecular formula is C14H26N2O3S2. The molecule has 0 fully saturated rings. The molecule has 21 heavy (non-hydrogen) atoms. The highest BCUT2D eigenvalue weighted by atomic mass is 32.2. The molecule has 1 aromatic heterocycles. The number of ether oxygens (including phenoxy) is 1. The van der Waals surface area contributed by atoms with Gasteiger partial charge in [0.1, 0.15) is 4.21 Å². The summed E-state index contributed by atoms with van der Waals surface area (Å²) in [5.41, 5.74) is 0. The predicted molar refractivity (Wildman–Crippen MR) is 87.5 cm³/mol. The van der Waals surface area contributed by atoms with Gasteiger partial charge in [-0.05, 0) is 25.5 Å². The third-order valence-electron chi connectivity index (χ3n) is 2.98. The summed E-state index contributed by atoms with van der Waals surface area (Å²) >= 11 is 1.35. The molecule has 5 nitrogen and oxygen atoms in total. The molecule has 0 spiro atoms. The van der Waals surface area contributed by atoms with Gasteiger partial charge in [0.2, 0.25) is 0 Å². The normalized spacial score (nSPS) is 12.5. The molecule has 0 atom stereocenters. The second kappa shape index (κ2) is 8.85. The number of nitrogens with one attached hydrogen (secondary N) is 1. The van der Waals surface area contributed by atoms with Crippen molar-refractivity contribution in [3.63, 3.8) is 0 Å². The average Bonchev–Trinajstić information content (AvgIpc) is 2.88. The summed E-state index contributed by atoms with van der Waals surface area (Å²) in [4.78, 5) is 1.08. The molecule has 0 radical (unpaired) electrons. The topological polar surface area (TPSA) is 58.6 Å². The Morgan fingerprint density at radius 3 is 2.71 bits per heavy atom. The van der Waals surface area contributed by atoms with E-state index in [1.807, 2.05) is 13.0 Å². The van der Waals surface area contributed by atoms with Gasteiger partial charge >= 0.3 is 0 Å². The number of nitrogens with zero attached hydrogens (tertiary/aromatic N) is 1. The first kappa shape index (κ1) is 18.6. The fraction of sp³-hybridized carbons (Fsp3) is 0.714. The fourth-order valence-electron chi connectivity index (χ4n) is 1.73. The Labute approximate surface area is 132 Å². The second-order valence-electron chi connectivity index (χ2n) is 5.10. The molecule has 7 heteroatoms. The Bertz CT molecular complexity index is 512. The van der Waals surface area contributed by atoms with Gasteiger partial charge in [0.05, 0.1) is 6.61 Å². The van der Waals surface area contributed by atoms with Gasteiger partial charge in [-0.15, -0.1) is 11.3 Å². The van der Waals surface area contributed by atoms with Gasteiger partial charge in [-0.3, -0.25) is 0 Å². The zero-order valence-electron chi connectivity index (χ0n) is 13.3. The van der Waals surface area contributed by atoms with Crippen LogP contribution in [-0.4, -0.2) is 52.1 Å². The second-order valence-corrected chi connectivity index (χ2v) is 8.54. The molecular weight excluding hydrogens is 308 g/mol. The first-order chi connectivity index (χ1) is 9.87. The maximum Gasteiger partial charge on any atom is 0.252 e. The number of likely N-dealkylation sites (N-methyl/N-ethyl adjacent to an activating group) is 1. The molecule has 0 aromatic carbocycles. The van der Waals surface area contributed by atoms with Crippen molar-refractivity contribution in [3.8, 4) is 0 Å². The zero-order valence-corrected chi connectivity index (χ0v) is 14.9. The Morgan fingerprint density at radius 2 is 2.10 bits per heavy atom. The van der Waals surface area contributed by atoms with E-state index in [0.29, 0.717) is 30.0 Å². The molecule has 0 saturated heterocycles. The summed E-state index contributed by atoms with van der Waals surface area (Å²) in [7, 11) is -1.80. The molecule has 0 amide bonds. The molecule has 122 valence electrons. The zero-order chi connectivity index (χ0) is 15.9. The number of rotatable bonds is 10. The lowest BCUT2D eigenvalue weighted by Gasteiger charge is -2.15. The van der Waals surface area contributed by atoms with Crippen LogP contribution < -0.4 is 5.32 Å². The van der Waals surface area contributed by atoms with Crippen LogP contribution in [0, 0.1) is 0 Å². The molecule has 0 aliphatic rings. The highest BCUT2D eigenvalue weighted by molar-refractivity contribution is 7.91. The Balaban J connectivity index is 2.61. The van der Waals surface area contributed by atoms with Gasteiger partial charge in [0.15, 0.2) is 0 Å². The molecule has 0 aliphatic heterocycles. The molecule has 0 saturated carbocycles. The van der Waals surface area contributed by atoms with Crippen molar-refractivity contribution >= 4 is 21.4 Å². The van der Waals surface area contributed by atoms with Gasteiger partial charge in [-0.1, -0.05) is 13.8 Å². The van der Waals surface area contributed by atoms with Gasteiger partial charge in [-0.2, -0.15) is 4.31 Å². The van der Waals surface area contributed by atoms with Crippen LogP contribution in [0.15, 0.2) is 16.3 Å². The van der Waals surface area contributed by atoms with Gasteiger partial charge < -0.3 is 10.1 Å². The monoisotopic (exact) mass is 334 g/mol. The molecule has 1 heterocycles. The van der Waals surface area contributed by atoms with E-state index in [4.69, 9.17) is 4.74 Å². The van der Waals surface area contributed by atoms with Crippen LogP contribution in [0.3, 0.4) is 0 Å². The van der Waals surface area contributed by atoms with Crippen LogP contribution in [-0.2, 0) is 21.2 Å². The van der Waals surface area contributed by atoms with E-state index in [1.165, 1.54) is 15.6 Å². The summed E-state index contributed by atoms with van der Waals surface area (Å²) in [6.45, 7) is 8.33. The third kappa shape index (κ3) is 6.04. The molecule has 1 rings (SSSR count). The highest BCUT2D eigenvalue weighted by Gasteiger charge is 2.22. The minimum absolute atomic E-state index is 0.373. The predicted octanol–water partition coefficient (Wildman–Crippen LogP) is 1.95. The average molecular weight is 335 g/mol. The van der Waals surface area contributed by atoms with Crippen LogP contribution in [0.5, 0.6) is 0 Å². The molecule has 1 N–H and O–H groups in total. The number of hydrogen-bond acceptors (Lipinski definition) is 5. The minimum atomic E-state index is -3.39. The molecule has 1 aromatic rings. The van der Waals surface area contributed by atoms with Gasteiger partial charge in [0.25, 0.3) is 10.0 Å². The Hall–Kier alpha value is -0.470. The van der Waals surface area contributed by atoms with E-state index in [0.717, 1.165) is 17.8 Å². The van der Waals surface area contributed by atoms with Crippen LogP contribution in [0.25, 0.3) is 0 Å². The molecule has 0 unspecified atom stereocenters. The van der Waals surface area contributed by atoms with E-state index in [1.54, 1.807) is 13.1 Å². The van der Waals surface area contributed by atoms with E-state index in [9.17, 15) is 8.42 Å². The van der Waals surface area contributed by atoms with Crippen molar-refractivity contribution in [2.45, 2.75) is 37.4 Å². The van der Waals surface area contributed by atoms with Crippen molar-refractivity contribution in [2.24, 2.45) is 0 Å². The van der Waals surface area contributed by atoms with E-state index < -0.39 is 10.0 Å². The quantitative estimate of drug-likeness (QED) is 0.665. The fourth-order valence-corrected chi connectivity index (χ4v) is 4.45. The maximum atomic E-state index is 12.4. The summed E-state index contributed by atoms with van der Waals surface area (Å²) in [6, 6.07) is 4.04. The SMILES string of the molecule is CCOCCN(C)S(=O)(=O)c1ccc(CCNC(C)C)s1. The molecule has 0 bridgehead atoms. The first-order valence-corrected chi connectivity index (χ1v) is 9.49.